The van der Waals surface area contributed by atoms with Crippen molar-refractivity contribution in [2.24, 2.45) is 10.7 Å². The molecule has 0 bridgehead atoms. The average molecular weight is 424 g/mol. The Morgan fingerprint density at radius 3 is 2.10 bits per heavy atom. The Morgan fingerprint density at radius 1 is 0.966 bits per heavy atom. The van der Waals surface area contributed by atoms with Crippen LogP contribution in [0.1, 0.15) is 41.5 Å². The molecule has 0 aromatic rings. The van der Waals surface area contributed by atoms with Crippen molar-refractivity contribution in [1.82, 2.24) is 20.7 Å². The maximum Gasteiger partial charge on any atom is 0.343 e. The summed E-state index contributed by atoms with van der Waals surface area (Å²) in [4.78, 5) is 27.0. The van der Waals surface area contributed by atoms with Crippen LogP contribution < -0.4 is 11.2 Å². The molecule has 0 amide bonds. The fourth-order valence-electron chi connectivity index (χ4n) is 2.77. The van der Waals surface area contributed by atoms with Crippen LogP contribution in [0.15, 0.2) is 4.99 Å². The van der Waals surface area contributed by atoms with Crippen molar-refractivity contribution >= 4 is 5.96 Å². The normalized spacial score (nSPS) is 25.7. The Labute approximate surface area is 172 Å². The van der Waals surface area contributed by atoms with E-state index in [2.05, 4.69) is 10.5 Å². The van der Waals surface area contributed by atoms with E-state index in [0.29, 0.717) is 6.61 Å². The van der Waals surface area contributed by atoms with E-state index in [4.69, 9.17) is 34.6 Å². The summed E-state index contributed by atoms with van der Waals surface area (Å²) >= 11 is 0. The minimum atomic E-state index is -1.85. The minimum Gasteiger partial charge on any atom is -0.379 e. The molecule has 2 unspecified atom stereocenters. The van der Waals surface area contributed by atoms with Crippen molar-refractivity contribution < 1.29 is 33.9 Å². The van der Waals surface area contributed by atoms with Crippen molar-refractivity contribution in [2.45, 2.75) is 53.5 Å². The molecule has 1 aliphatic heterocycles. The lowest BCUT2D eigenvalue weighted by molar-refractivity contribution is -0.554. The summed E-state index contributed by atoms with van der Waals surface area (Å²) in [7, 11) is 0. The third kappa shape index (κ3) is 5.32. The number of aliphatic hydroxyl groups excluding tert-OH is 1. The van der Waals surface area contributed by atoms with Gasteiger partial charge in [0.25, 0.3) is 0 Å². The molecule has 13 nitrogen and oxygen atoms in total. The highest BCUT2D eigenvalue weighted by atomic mass is 16.9. The Balaban J connectivity index is 3.78. The summed E-state index contributed by atoms with van der Waals surface area (Å²) < 4.78 is 11.9. The van der Waals surface area contributed by atoms with E-state index in [-0.39, 0.29) is 39.0 Å². The Bertz CT molecular complexity index is 502. The summed E-state index contributed by atoms with van der Waals surface area (Å²) in [6, 6.07) is 0. The van der Waals surface area contributed by atoms with E-state index < -0.39 is 18.7 Å². The fourth-order valence-corrected chi connectivity index (χ4v) is 2.77. The lowest BCUT2D eigenvalue weighted by Gasteiger charge is -2.56. The molecule has 29 heavy (non-hydrogen) atoms. The van der Waals surface area contributed by atoms with Gasteiger partial charge in [0.05, 0.1) is 26.4 Å². The molecule has 0 radical (unpaired) electrons. The number of hydrogen-bond donors (Lipinski definition) is 3. The summed E-state index contributed by atoms with van der Waals surface area (Å²) in [5.41, 5.74) is 8.98. The molecule has 1 rings (SSSR count). The van der Waals surface area contributed by atoms with Crippen molar-refractivity contribution in [2.75, 3.05) is 46.4 Å². The zero-order valence-electron chi connectivity index (χ0n) is 18.2. The van der Waals surface area contributed by atoms with Crippen LogP contribution in [-0.4, -0.2) is 84.6 Å². The monoisotopic (exact) mass is 424 g/mol. The van der Waals surface area contributed by atoms with Crippen LogP contribution in [0.5, 0.6) is 0 Å². The van der Waals surface area contributed by atoms with Crippen LogP contribution in [0, 0.1) is 0 Å². The van der Waals surface area contributed by atoms with E-state index >= 15 is 0 Å². The number of nitrogens with two attached hydrogens (primary N) is 1. The molecular weight excluding hydrogens is 388 g/mol. The van der Waals surface area contributed by atoms with Gasteiger partial charge in [-0.1, -0.05) is 10.1 Å². The first-order valence-corrected chi connectivity index (χ1v) is 9.87. The summed E-state index contributed by atoms with van der Waals surface area (Å²) in [6.45, 7) is 11.3. The molecule has 172 valence electrons. The number of rotatable bonds is 15. The van der Waals surface area contributed by atoms with E-state index in [1.54, 1.807) is 41.5 Å². The summed E-state index contributed by atoms with van der Waals surface area (Å²) in [5.74, 6) is -3.73. The molecule has 2 atom stereocenters. The second-order valence-electron chi connectivity index (χ2n) is 5.42. The molecule has 0 aliphatic carbocycles. The minimum absolute atomic E-state index is 0.116. The van der Waals surface area contributed by atoms with Crippen molar-refractivity contribution in [1.29, 1.82) is 0 Å². The highest BCUT2D eigenvalue weighted by Gasteiger charge is 2.65. The predicted molar refractivity (Wildman–Crippen MR) is 103 cm³/mol. The second-order valence-corrected chi connectivity index (χ2v) is 5.42. The van der Waals surface area contributed by atoms with Crippen molar-refractivity contribution in [3.63, 3.8) is 0 Å². The SMILES string of the molecule is CCONC1(OCC)N=C(N)N(OCC)C(OCC)(N(CO)OCC)N1OCC. The van der Waals surface area contributed by atoms with Crippen LogP contribution in [0.3, 0.4) is 0 Å². The molecule has 0 saturated carbocycles. The van der Waals surface area contributed by atoms with Gasteiger partial charge >= 0.3 is 11.9 Å². The van der Waals surface area contributed by atoms with Crippen molar-refractivity contribution in [3.05, 3.63) is 0 Å². The van der Waals surface area contributed by atoms with E-state index in [0.717, 1.165) is 10.1 Å². The van der Waals surface area contributed by atoms with Gasteiger partial charge in [-0.2, -0.15) is 10.1 Å². The standard InChI is InChI=1S/C16H36N6O7/c1-7-24-15(19-26-9-3)18-14(17)21(28-11-5)16(25-8-2,22(15)29-12-6)20(13-23)27-10-4/h19,23H,7-13H2,1-6H3,(H2,17,18). The molecule has 1 aliphatic rings. The number of nitrogens with one attached hydrogen (secondary N) is 1. The lowest BCUT2D eigenvalue weighted by atomic mass is 10.4. The lowest BCUT2D eigenvalue weighted by Crippen LogP contribution is -2.82. The molecule has 0 aromatic heterocycles. The number of aliphatic hydroxyl groups is 1. The largest absolute Gasteiger partial charge is 0.379 e. The van der Waals surface area contributed by atoms with Gasteiger partial charge in [0, 0.05) is 13.2 Å². The Morgan fingerprint density at radius 2 is 1.62 bits per heavy atom. The Hall–Kier alpha value is -1.13. The topological polar surface area (TPSA) is 136 Å². The van der Waals surface area contributed by atoms with Gasteiger partial charge in [-0.15, -0.1) is 5.48 Å². The van der Waals surface area contributed by atoms with E-state index in [9.17, 15) is 5.11 Å². The first kappa shape index (κ1) is 25.9. The number of guanidine groups is 1. The maximum absolute atomic E-state index is 10.1. The Kier molecular flexibility index (Phi) is 11.2. The predicted octanol–water partition coefficient (Wildman–Crippen LogP) is -0.138. The fraction of sp³-hybridized carbons (Fsp3) is 0.938. The first-order chi connectivity index (χ1) is 14.0. The van der Waals surface area contributed by atoms with Gasteiger partial charge in [-0.25, -0.2) is 0 Å². The number of nitrogens with zero attached hydrogens (tertiary/aromatic N) is 4. The summed E-state index contributed by atoms with van der Waals surface area (Å²) in [6.07, 6.45) is 0. The molecule has 0 aromatic carbocycles. The molecule has 0 spiro atoms. The van der Waals surface area contributed by atoms with Crippen LogP contribution in [0.4, 0.5) is 0 Å². The third-order valence-corrected chi connectivity index (χ3v) is 3.57. The number of aliphatic imine (C=N–C) groups is 1. The molecular formula is C16H36N6O7. The van der Waals surface area contributed by atoms with Gasteiger partial charge in [0.2, 0.25) is 5.96 Å². The van der Waals surface area contributed by atoms with Crippen LogP contribution in [-0.2, 0) is 28.8 Å². The molecule has 13 heteroatoms. The van der Waals surface area contributed by atoms with E-state index in [1.807, 2.05) is 0 Å². The number of hydrogen-bond acceptors (Lipinski definition) is 13. The van der Waals surface area contributed by atoms with Gasteiger partial charge in [0.1, 0.15) is 6.73 Å². The zero-order valence-corrected chi connectivity index (χ0v) is 18.2. The van der Waals surface area contributed by atoms with Crippen molar-refractivity contribution in [3.8, 4) is 0 Å². The maximum atomic E-state index is 10.1. The van der Waals surface area contributed by atoms with Gasteiger partial charge in [0.15, 0.2) is 0 Å². The zero-order chi connectivity index (χ0) is 21.9. The van der Waals surface area contributed by atoms with Gasteiger partial charge in [-0.3, -0.25) is 19.4 Å². The first-order valence-electron chi connectivity index (χ1n) is 9.87. The summed E-state index contributed by atoms with van der Waals surface area (Å²) in [5, 5.41) is 13.6. The van der Waals surface area contributed by atoms with E-state index in [1.165, 1.54) is 5.06 Å². The van der Waals surface area contributed by atoms with Gasteiger partial charge < -0.3 is 20.3 Å². The molecule has 4 N–H and O–H groups in total. The molecule has 0 saturated heterocycles. The molecule has 1 heterocycles. The third-order valence-electron chi connectivity index (χ3n) is 3.57. The van der Waals surface area contributed by atoms with Crippen LogP contribution >= 0.6 is 0 Å². The number of hydroxylamine groups is 7. The smallest absolute Gasteiger partial charge is 0.343 e. The highest BCUT2D eigenvalue weighted by Crippen LogP contribution is 2.38. The van der Waals surface area contributed by atoms with Crippen LogP contribution in [0.2, 0.25) is 0 Å². The quantitative estimate of drug-likeness (QED) is 0.238. The second kappa shape index (κ2) is 12.5. The van der Waals surface area contributed by atoms with Gasteiger partial charge in [-0.05, 0) is 41.5 Å². The van der Waals surface area contributed by atoms with Crippen LogP contribution in [0.25, 0.3) is 0 Å². The highest BCUT2D eigenvalue weighted by molar-refractivity contribution is 5.78. The number of ether oxygens (including phenoxy) is 2. The molecule has 0 fully saturated rings. The average Bonchev–Trinajstić information content (AvgIpc) is 2.70.